The number of nitrogens with zero attached hydrogens (tertiary/aromatic N) is 1. The van der Waals surface area contributed by atoms with E-state index >= 15 is 0 Å². The molecule has 0 aromatic carbocycles. The highest BCUT2D eigenvalue weighted by atomic mass is 35.5. The van der Waals surface area contributed by atoms with Gasteiger partial charge in [0.2, 0.25) is 10.0 Å². The molecule has 1 saturated heterocycles. The van der Waals surface area contributed by atoms with Crippen LogP contribution in [0.3, 0.4) is 0 Å². The van der Waals surface area contributed by atoms with Gasteiger partial charge < -0.3 is 9.88 Å². The minimum Gasteiger partial charge on any atom is -0.326 e. The summed E-state index contributed by atoms with van der Waals surface area (Å²) >= 11 is 5.65. The molecule has 1 unspecified atom stereocenters. The van der Waals surface area contributed by atoms with Crippen molar-refractivity contribution in [1.29, 1.82) is 0 Å². The fourth-order valence-electron chi connectivity index (χ4n) is 2.40. The molecule has 6 nitrogen and oxygen atoms in total. The monoisotopic (exact) mass is 333 g/mol. The minimum atomic E-state index is -3.65. The van der Waals surface area contributed by atoms with Crippen molar-refractivity contribution in [3.63, 3.8) is 0 Å². The van der Waals surface area contributed by atoms with Gasteiger partial charge in [-0.2, -0.15) is 0 Å². The zero-order chi connectivity index (χ0) is 15.5. The molecule has 0 saturated carbocycles. The summed E-state index contributed by atoms with van der Waals surface area (Å²) in [7, 11) is -3.65. The number of pyridine rings is 1. The lowest BCUT2D eigenvalue weighted by atomic mass is 10.2. The highest BCUT2D eigenvalue weighted by Gasteiger charge is 2.19. The zero-order valence-electron chi connectivity index (χ0n) is 11.9. The molecule has 1 aliphatic heterocycles. The zero-order valence-corrected chi connectivity index (χ0v) is 13.5. The van der Waals surface area contributed by atoms with Crippen LogP contribution in [0.5, 0.6) is 0 Å². The first kappa shape index (κ1) is 16.5. The Balaban J connectivity index is 1.93. The Morgan fingerprint density at radius 3 is 2.71 bits per heavy atom. The second-order valence-corrected chi connectivity index (χ2v) is 7.65. The van der Waals surface area contributed by atoms with Crippen LogP contribution >= 0.6 is 11.6 Å². The van der Waals surface area contributed by atoms with Gasteiger partial charge in [0, 0.05) is 19.3 Å². The Labute approximate surface area is 129 Å². The summed E-state index contributed by atoms with van der Waals surface area (Å²) in [5.41, 5.74) is -0.502. The molecule has 1 aromatic heterocycles. The van der Waals surface area contributed by atoms with Crippen LogP contribution in [-0.4, -0.2) is 44.5 Å². The second kappa shape index (κ2) is 6.91. The van der Waals surface area contributed by atoms with Gasteiger partial charge >= 0.3 is 0 Å². The summed E-state index contributed by atoms with van der Waals surface area (Å²) in [6.45, 7) is 5.43. The van der Waals surface area contributed by atoms with E-state index < -0.39 is 15.6 Å². The van der Waals surface area contributed by atoms with Crippen molar-refractivity contribution in [2.75, 3.05) is 26.2 Å². The minimum absolute atomic E-state index is 0.0273. The first-order chi connectivity index (χ1) is 9.88. The Kier molecular flexibility index (Phi) is 5.43. The van der Waals surface area contributed by atoms with Gasteiger partial charge in [0.1, 0.15) is 5.02 Å². The average molecular weight is 334 g/mol. The quantitative estimate of drug-likeness (QED) is 0.815. The molecule has 2 N–H and O–H groups in total. The molecule has 1 aliphatic rings. The van der Waals surface area contributed by atoms with Crippen molar-refractivity contribution in [2.24, 2.45) is 5.92 Å². The van der Waals surface area contributed by atoms with Crippen molar-refractivity contribution in [3.05, 3.63) is 27.6 Å². The van der Waals surface area contributed by atoms with E-state index in [1.807, 2.05) is 6.92 Å². The molecule has 0 radical (unpaired) electrons. The predicted octanol–water partition coefficient (Wildman–Crippen LogP) is 1.04. The first-order valence-corrected chi connectivity index (χ1v) is 8.85. The van der Waals surface area contributed by atoms with Crippen LogP contribution < -0.4 is 10.3 Å². The topological polar surface area (TPSA) is 82.3 Å². The number of hydrogen-bond donors (Lipinski definition) is 2. The molecule has 2 heterocycles. The SMILES string of the molecule is CC(CNS(=O)(=O)c1c[nH]c(=O)c(Cl)c1)CN1CCCC1. The molecule has 0 amide bonds. The molecule has 1 atom stereocenters. The van der Waals surface area contributed by atoms with E-state index in [2.05, 4.69) is 14.6 Å². The molecule has 1 fully saturated rings. The van der Waals surface area contributed by atoms with Gasteiger partial charge in [-0.05, 0) is 37.9 Å². The van der Waals surface area contributed by atoms with Crippen LogP contribution in [0.1, 0.15) is 19.8 Å². The molecule has 8 heteroatoms. The van der Waals surface area contributed by atoms with Crippen LogP contribution in [0.15, 0.2) is 22.0 Å². The number of aromatic nitrogens is 1. The van der Waals surface area contributed by atoms with Crippen molar-refractivity contribution in [2.45, 2.75) is 24.7 Å². The van der Waals surface area contributed by atoms with E-state index in [0.717, 1.165) is 31.9 Å². The van der Waals surface area contributed by atoms with E-state index in [1.165, 1.54) is 12.8 Å². The maximum absolute atomic E-state index is 12.1. The van der Waals surface area contributed by atoms with Crippen molar-refractivity contribution >= 4 is 21.6 Å². The lowest BCUT2D eigenvalue weighted by Crippen LogP contribution is -2.34. The number of H-pyrrole nitrogens is 1. The van der Waals surface area contributed by atoms with Gasteiger partial charge in [-0.1, -0.05) is 18.5 Å². The maximum Gasteiger partial charge on any atom is 0.266 e. The molecule has 0 bridgehead atoms. The van der Waals surface area contributed by atoms with Crippen LogP contribution in [-0.2, 0) is 10.0 Å². The highest BCUT2D eigenvalue weighted by Crippen LogP contribution is 2.12. The normalized spacial score (nSPS) is 18.0. The second-order valence-electron chi connectivity index (χ2n) is 5.48. The fraction of sp³-hybridized carbons (Fsp3) is 0.615. The molecule has 2 rings (SSSR count). The van der Waals surface area contributed by atoms with Crippen molar-refractivity contribution < 1.29 is 8.42 Å². The summed E-state index contributed by atoms with van der Waals surface area (Å²) in [4.78, 5) is 15.8. The molecule has 118 valence electrons. The summed E-state index contributed by atoms with van der Waals surface area (Å²) in [5, 5.41) is -0.136. The Hall–Kier alpha value is -0.890. The molecular formula is C13H20ClN3O3S. The van der Waals surface area contributed by atoms with E-state index in [1.54, 1.807) is 0 Å². The summed E-state index contributed by atoms with van der Waals surface area (Å²) in [6.07, 6.45) is 3.59. The number of aromatic amines is 1. The Morgan fingerprint density at radius 2 is 2.10 bits per heavy atom. The smallest absolute Gasteiger partial charge is 0.266 e. The molecule has 0 aliphatic carbocycles. The number of sulfonamides is 1. The van der Waals surface area contributed by atoms with Crippen molar-refractivity contribution in [3.8, 4) is 0 Å². The van der Waals surface area contributed by atoms with Gasteiger partial charge in [0.15, 0.2) is 0 Å². The van der Waals surface area contributed by atoms with Gasteiger partial charge in [-0.15, -0.1) is 0 Å². The third-order valence-electron chi connectivity index (χ3n) is 3.53. The van der Waals surface area contributed by atoms with E-state index in [-0.39, 0.29) is 15.8 Å². The highest BCUT2D eigenvalue weighted by molar-refractivity contribution is 7.89. The van der Waals surface area contributed by atoms with Crippen LogP contribution in [0, 0.1) is 5.92 Å². The fourth-order valence-corrected chi connectivity index (χ4v) is 3.79. The lowest BCUT2D eigenvalue weighted by Gasteiger charge is -2.20. The third-order valence-corrected chi connectivity index (χ3v) is 5.22. The lowest BCUT2D eigenvalue weighted by molar-refractivity contribution is 0.288. The number of nitrogens with one attached hydrogen (secondary N) is 2. The molecule has 1 aromatic rings. The van der Waals surface area contributed by atoms with E-state index in [4.69, 9.17) is 11.6 Å². The molecule has 21 heavy (non-hydrogen) atoms. The molecule has 0 spiro atoms. The Bertz CT molecular complexity index is 638. The summed E-state index contributed by atoms with van der Waals surface area (Å²) in [5.74, 6) is 0.219. The number of halogens is 1. The number of likely N-dealkylation sites (tertiary alicyclic amines) is 1. The van der Waals surface area contributed by atoms with Gasteiger partial charge in [-0.25, -0.2) is 13.1 Å². The maximum atomic E-state index is 12.1. The largest absolute Gasteiger partial charge is 0.326 e. The van der Waals surface area contributed by atoms with Crippen LogP contribution in [0.4, 0.5) is 0 Å². The number of hydrogen-bond acceptors (Lipinski definition) is 4. The van der Waals surface area contributed by atoms with Gasteiger partial charge in [0.25, 0.3) is 5.56 Å². The average Bonchev–Trinajstić information content (AvgIpc) is 2.92. The summed E-state index contributed by atoms with van der Waals surface area (Å²) in [6, 6.07) is 1.16. The standard InChI is InChI=1S/C13H20ClN3O3S/c1-10(9-17-4-2-3-5-17)7-16-21(19,20)11-6-12(14)13(18)15-8-11/h6,8,10,16H,2-5,7,9H2,1H3,(H,15,18). The van der Waals surface area contributed by atoms with E-state index in [9.17, 15) is 13.2 Å². The van der Waals surface area contributed by atoms with Crippen LogP contribution in [0.25, 0.3) is 0 Å². The van der Waals surface area contributed by atoms with Gasteiger partial charge in [-0.3, -0.25) is 4.79 Å². The Morgan fingerprint density at radius 1 is 1.43 bits per heavy atom. The van der Waals surface area contributed by atoms with Crippen LogP contribution in [0.2, 0.25) is 5.02 Å². The number of rotatable bonds is 6. The first-order valence-electron chi connectivity index (χ1n) is 6.99. The van der Waals surface area contributed by atoms with Crippen molar-refractivity contribution in [1.82, 2.24) is 14.6 Å². The molecular weight excluding hydrogens is 314 g/mol. The summed E-state index contributed by atoms with van der Waals surface area (Å²) < 4.78 is 26.8. The van der Waals surface area contributed by atoms with Gasteiger partial charge in [0.05, 0.1) is 4.90 Å². The predicted molar refractivity (Wildman–Crippen MR) is 82.1 cm³/mol. The third kappa shape index (κ3) is 4.54. The van der Waals surface area contributed by atoms with E-state index in [0.29, 0.717) is 6.54 Å².